The van der Waals surface area contributed by atoms with Gasteiger partial charge in [0.25, 0.3) is 0 Å². The van der Waals surface area contributed by atoms with Crippen molar-refractivity contribution in [2.24, 2.45) is 0 Å². The summed E-state index contributed by atoms with van der Waals surface area (Å²) in [7, 11) is 0. The summed E-state index contributed by atoms with van der Waals surface area (Å²) in [5.41, 5.74) is 9.42. The largest absolute Gasteiger partial charge is 0.399 e. The number of fused-ring (bicyclic) bond motifs is 1. The number of anilines is 1. The number of pyridine rings is 1. The summed E-state index contributed by atoms with van der Waals surface area (Å²) in [6, 6.07) is 13.7. The Kier molecular flexibility index (Phi) is 6.30. The second-order valence-corrected chi connectivity index (χ2v) is 3.71. The Hall–Kier alpha value is -2.29. The van der Waals surface area contributed by atoms with Crippen molar-refractivity contribution in [2.45, 2.75) is 27.7 Å². The zero-order chi connectivity index (χ0) is 15.0. The molecule has 0 spiro atoms. The number of rotatable bonds is 1. The Labute approximate surface area is 121 Å². The summed E-state index contributed by atoms with van der Waals surface area (Å²) in [4.78, 5) is 4.53. The zero-order valence-corrected chi connectivity index (χ0v) is 12.7. The van der Waals surface area contributed by atoms with Gasteiger partial charge >= 0.3 is 0 Å². The first-order valence-electron chi connectivity index (χ1n) is 7.12. The van der Waals surface area contributed by atoms with E-state index in [4.69, 9.17) is 5.73 Å². The molecule has 3 heteroatoms. The van der Waals surface area contributed by atoms with Gasteiger partial charge in [-0.25, -0.2) is 4.98 Å². The molecule has 1 aromatic carbocycles. The van der Waals surface area contributed by atoms with Gasteiger partial charge in [-0.3, -0.25) is 0 Å². The molecule has 0 aliphatic heterocycles. The van der Waals surface area contributed by atoms with Gasteiger partial charge in [0.1, 0.15) is 5.65 Å². The highest BCUT2D eigenvalue weighted by Gasteiger charge is 2.02. The molecule has 0 atom stereocenters. The van der Waals surface area contributed by atoms with Gasteiger partial charge in [-0.1, -0.05) is 45.9 Å². The Morgan fingerprint density at radius 2 is 1.55 bits per heavy atom. The van der Waals surface area contributed by atoms with E-state index in [1.54, 1.807) is 0 Å². The van der Waals surface area contributed by atoms with Crippen LogP contribution in [0.3, 0.4) is 0 Å². The Morgan fingerprint density at radius 1 is 0.900 bits per heavy atom. The summed E-state index contributed by atoms with van der Waals surface area (Å²) in [6.07, 6.45) is 4.00. The summed E-state index contributed by atoms with van der Waals surface area (Å²) in [5.74, 6) is 0. The van der Waals surface area contributed by atoms with Crippen molar-refractivity contribution in [1.82, 2.24) is 9.38 Å². The molecule has 0 bridgehead atoms. The first kappa shape index (κ1) is 15.8. The summed E-state index contributed by atoms with van der Waals surface area (Å²) in [6.45, 7) is 8.00. The summed E-state index contributed by atoms with van der Waals surface area (Å²) in [5, 5.41) is 0. The van der Waals surface area contributed by atoms with E-state index in [-0.39, 0.29) is 0 Å². The van der Waals surface area contributed by atoms with E-state index >= 15 is 0 Å². The van der Waals surface area contributed by atoms with Gasteiger partial charge in [0, 0.05) is 23.6 Å². The van der Waals surface area contributed by atoms with Crippen LogP contribution >= 0.6 is 0 Å². The molecule has 2 aromatic heterocycles. The molecular formula is C17H23N3. The maximum Gasteiger partial charge on any atom is 0.137 e. The van der Waals surface area contributed by atoms with E-state index in [0.29, 0.717) is 0 Å². The molecule has 2 heterocycles. The highest BCUT2D eigenvalue weighted by atomic mass is 15.0. The Bertz CT molecular complexity index is 591. The van der Waals surface area contributed by atoms with Crippen molar-refractivity contribution in [1.29, 1.82) is 0 Å². The number of nitrogen functional groups attached to an aromatic ring is 1. The molecule has 20 heavy (non-hydrogen) atoms. The van der Waals surface area contributed by atoms with Crippen LogP contribution in [0.2, 0.25) is 0 Å². The van der Waals surface area contributed by atoms with E-state index < -0.39 is 0 Å². The SMILES string of the molecule is CC.CC.Nc1ccc(-c2cn3ccccc3n2)cc1. The molecule has 0 radical (unpaired) electrons. The van der Waals surface area contributed by atoms with E-state index in [1.807, 2.05) is 87.0 Å². The van der Waals surface area contributed by atoms with Crippen LogP contribution in [0, 0.1) is 0 Å². The van der Waals surface area contributed by atoms with E-state index in [0.717, 1.165) is 22.6 Å². The van der Waals surface area contributed by atoms with Gasteiger partial charge in [-0.05, 0) is 24.3 Å². The lowest BCUT2D eigenvalue weighted by molar-refractivity contribution is 1.19. The molecule has 0 saturated heterocycles. The fourth-order valence-corrected chi connectivity index (χ4v) is 1.73. The minimum Gasteiger partial charge on any atom is -0.399 e. The number of aromatic nitrogens is 2. The van der Waals surface area contributed by atoms with Crippen LogP contribution in [0.25, 0.3) is 16.9 Å². The van der Waals surface area contributed by atoms with Crippen LogP contribution in [0.5, 0.6) is 0 Å². The fourth-order valence-electron chi connectivity index (χ4n) is 1.73. The van der Waals surface area contributed by atoms with E-state index in [9.17, 15) is 0 Å². The molecule has 0 saturated carbocycles. The van der Waals surface area contributed by atoms with Gasteiger partial charge in [-0.15, -0.1) is 0 Å². The molecule has 0 amide bonds. The molecule has 0 aliphatic carbocycles. The molecule has 3 aromatic rings. The maximum atomic E-state index is 5.65. The van der Waals surface area contributed by atoms with Gasteiger partial charge in [0.05, 0.1) is 5.69 Å². The van der Waals surface area contributed by atoms with Crippen LogP contribution in [-0.2, 0) is 0 Å². The lowest BCUT2D eigenvalue weighted by Gasteiger charge is -1.96. The van der Waals surface area contributed by atoms with Crippen molar-refractivity contribution in [3.8, 4) is 11.3 Å². The maximum absolute atomic E-state index is 5.65. The third kappa shape index (κ3) is 3.60. The van der Waals surface area contributed by atoms with Gasteiger partial charge in [-0.2, -0.15) is 0 Å². The van der Waals surface area contributed by atoms with Crippen LogP contribution in [0.4, 0.5) is 5.69 Å². The molecule has 2 N–H and O–H groups in total. The molecule has 3 nitrogen and oxygen atoms in total. The predicted octanol–water partition coefficient (Wildman–Crippen LogP) is 4.64. The van der Waals surface area contributed by atoms with Crippen molar-refractivity contribution in [3.63, 3.8) is 0 Å². The average molecular weight is 269 g/mol. The van der Waals surface area contributed by atoms with Crippen molar-refractivity contribution in [2.75, 3.05) is 5.73 Å². The van der Waals surface area contributed by atoms with Crippen LogP contribution in [0.15, 0.2) is 54.9 Å². The third-order valence-electron chi connectivity index (χ3n) is 2.57. The van der Waals surface area contributed by atoms with Crippen molar-refractivity contribution < 1.29 is 0 Å². The number of benzene rings is 1. The number of nitrogens with two attached hydrogens (primary N) is 1. The number of imidazole rings is 1. The molecular weight excluding hydrogens is 246 g/mol. The smallest absolute Gasteiger partial charge is 0.137 e. The highest BCUT2D eigenvalue weighted by molar-refractivity contribution is 5.64. The topological polar surface area (TPSA) is 43.3 Å². The Morgan fingerprint density at radius 3 is 2.15 bits per heavy atom. The number of hydrogen-bond acceptors (Lipinski definition) is 2. The van der Waals surface area contributed by atoms with Gasteiger partial charge in [0.2, 0.25) is 0 Å². The monoisotopic (exact) mass is 269 g/mol. The molecule has 3 rings (SSSR count). The molecule has 0 unspecified atom stereocenters. The fraction of sp³-hybridized carbons (Fsp3) is 0.235. The first-order valence-corrected chi connectivity index (χ1v) is 7.12. The van der Waals surface area contributed by atoms with Crippen molar-refractivity contribution >= 4 is 11.3 Å². The number of hydrogen-bond donors (Lipinski definition) is 1. The molecule has 106 valence electrons. The minimum absolute atomic E-state index is 0.771. The van der Waals surface area contributed by atoms with Crippen LogP contribution in [0.1, 0.15) is 27.7 Å². The quantitative estimate of drug-likeness (QED) is 0.654. The normalized spacial score (nSPS) is 9.20. The first-order chi connectivity index (χ1) is 9.83. The van der Waals surface area contributed by atoms with E-state index in [1.165, 1.54) is 0 Å². The van der Waals surface area contributed by atoms with Gasteiger partial charge in [0.15, 0.2) is 0 Å². The molecule has 0 fully saturated rings. The second kappa shape index (κ2) is 8.00. The minimum atomic E-state index is 0.771. The summed E-state index contributed by atoms with van der Waals surface area (Å²) < 4.78 is 2.01. The predicted molar refractivity (Wildman–Crippen MR) is 87.7 cm³/mol. The zero-order valence-electron chi connectivity index (χ0n) is 12.7. The van der Waals surface area contributed by atoms with Crippen LogP contribution < -0.4 is 5.73 Å². The van der Waals surface area contributed by atoms with E-state index in [2.05, 4.69) is 4.98 Å². The lowest BCUT2D eigenvalue weighted by atomic mass is 10.1. The lowest BCUT2D eigenvalue weighted by Crippen LogP contribution is -1.83. The Balaban J connectivity index is 0.000000461. The highest BCUT2D eigenvalue weighted by Crippen LogP contribution is 2.19. The average Bonchev–Trinajstić information content (AvgIpc) is 2.96. The third-order valence-corrected chi connectivity index (χ3v) is 2.57. The summed E-state index contributed by atoms with van der Waals surface area (Å²) >= 11 is 0. The van der Waals surface area contributed by atoms with Crippen molar-refractivity contribution in [3.05, 3.63) is 54.9 Å². The second-order valence-electron chi connectivity index (χ2n) is 3.71. The van der Waals surface area contributed by atoms with Crippen LogP contribution in [-0.4, -0.2) is 9.38 Å². The number of nitrogens with zero attached hydrogens (tertiary/aromatic N) is 2. The standard InChI is InChI=1S/C13H11N3.2C2H6/c14-11-6-4-10(5-7-11)12-9-16-8-2-1-3-13(16)15-12;2*1-2/h1-9H,14H2;2*1-2H3. The van der Waals surface area contributed by atoms with Gasteiger partial charge < -0.3 is 10.1 Å². The molecule has 0 aliphatic rings.